The molecule has 2 aromatic carbocycles. The number of hydrogen-bond donors (Lipinski definition) is 1. The Kier molecular flexibility index (Phi) is 3.82. The van der Waals surface area contributed by atoms with Gasteiger partial charge in [-0.1, -0.05) is 24.3 Å². The molecule has 0 fully saturated rings. The maximum absolute atomic E-state index is 5.73. The second-order valence-corrected chi connectivity index (χ2v) is 5.30. The van der Waals surface area contributed by atoms with E-state index in [1.165, 1.54) is 16.5 Å². The minimum absolute atomic E-state index is 0.689. The van der Waals surface area contributed by atoms with Gasteiger partial charge in [0.15, 0.2) is 0 Å². The molecular formula is C18H20N2O. The Hall–Kier alpha value is -2.42. The molecule has 0 unspecified atom stereocenters. The molecule has 2 N–H and O–H groups in total. The van der Waals surface area contributed by atoms with Crippen molar-refractivity contribution in [2.75, 3.05) is 12.3 Å². The van der Waals surface area contributed by atoms with Gasteiger partial charge in [-0.3, -0.25) is 0 Å². The molecule has 108 valence electrons. The lowest BCUT2D eigenvalue weighted by Gasteiger charge is -2.08. The molecule has 0 aliphatic carbocycles. The van der Waals surface area contributed by atoms with Crippen LogP contribution in [0, 0.1) is 6.92 Å². The number of fused-ring (bicyclic) bond motifs is 1. The van der Waals surface area contributed by atoms with E-state index in [1.807, 2.05) is 24.3 Å². The third kappa shape index (κ3) is 3.02. The quantitative estimate of drug-likeness (QED) is 0.567. The van der Waals surface area contributed by atoms with Gasteiger partial charge in [0, 0.05) is 35.4 Å². The predicted molar refractivity (Wildman–Crippen MR) is 87.6 cm³/mol. The summed E-state index contributed by atoms with van der Waals surface area (Å²) >= 11 is 0. The van der Waals surface area contributed by atoms with E-state index in [4.69, 9.17) is 10.5 Å². The van der Waals surface area contributed by atoms with E-state index in [9.17, 15) is 0 Å². The number of nitrogens with zero attached hydrogens (tertiary/aromatic N) is 1. The van der Waals surface area contributed by atoms with E-state index in [2.05, 4.69) is 42.0 Å². The Bertz CT molecular complexity index is 746. The van der Waals surface area contributed by atoms with Gasteiger partial charge in [-0.25, -0.2) is 0 Å². The lowest BCUT2D eigenvalue weighted by atomic mass is 10.2. The fourth-order valence-electron chi connectivity index (χ4n) is 2.64. The fourth-order valence-corrected chi connectivity index (χ4v) is 2.64. The summed E-state index contributed by atoms with van der Waals surface area (Å²) in [5.74, 6) is 0.837. The normalized spacial score (nSPS) is 10.9. The summed E-state index contributed by atoms with van der Waals surface area (Å²) in [7, 11) is 0. The Morgan fingerprint density at radius 3 is 2.81 bits per heavy atom. The predicted octanol–water partition coefficient (Wildman–Crippen LogP) is 4.00. The van der Waals surface area contributed by atoms with Crippen LogP contribution in [0.5, 0.6) is 5.75 Å². The number of rotatable bonds is 5. The topological polar surface area (TPSA) is 40.2 Å². The average Bonchev–Trinajstić information content (AvgIpc) is 2.81. The Labute approximate surface area is 125 Å². The van der Waals surface area contributed by atoms with E-state index in [0.29, 0.717) is 6.61 Å². The Morgan fingerprint density at radius 1 is 1.10 bits per heavy atom. The summed E-state index contributed by atoms with van der Waals surface area (Å²) in [6.45, 7) is 3.80. The lowest BCUT2D eigenvalue weighted by molar-refractivity contribution is 0.303. The molecule has 0 aliphatic heterocycles. The highest BCUT2D eigenvalue weighted by Gasteiger charge is 2.04. The second-order valence-electron chi connectivity index (χ2n) is 5.30. The SMILES string of the molecule is Cc1cn(CCCOc2cccc(N)c2)c2ccccc12. The first kappa shape index (κ1) is 13.6. The largest absolute Gasteiger partial charge is 0.493 e. The highest BCUT2D eigenvalue weighted by Crippen LogP contribution is 2.20. The Balaban J connectivity index is 1.60. The van der Waals surface area contributed by atoms with Gasteiger partial charge >= 0.3 is 0 Å². The van der Waals surface area contributed by atoms with Crippen molar-refractivity contribution in [2.45, 2.75) is 19.9 Å². The van der Waals surface area contributed by atoms with Crippen LogP contribution in [-0.2, 0) is 6.54 Å². The van der Waals surface area contributed by atoms with Crippen LogP contribution in [0.1, 0.15) is 12.0 Å². The molecule has 0 spiro atoms. The van der Waals surface area contributed by atoms with Crippen molar-refractivity contribution in [2.24, 2.45) is 0 Å². The van der Waals surface area contributed by atoms with E-state index >= 15 is 0 Å². The molecule has 3 aromatic rings. The van der Waals surface area contributed by atoms with Gasteiger partial charge in [0.1, 0.15) is 5.75 Å². The fraction of sp³-hybridized carbons (Fsp3) is 0.222. The third-order valence-corrected chi connectivity index (χ3v) is 3.66. The van der Waals surface area contributed by atoms with Gasteiger partial charge in [-0.2, -0.15) is 0 Å². The van der Waals surface area contributed by atoms with Crippen molar-refractivity contribution in [1.29, 1.82) is 0 Å². The molecule has 0 saturated carbocycles. The first-order valence-corrected chi connectivity index (χ1v) is 7.27. The molecule has 1 heterocycles. The monoisotopic (exact) mass is 280 g/mol. The van der Waals surface area contributed by atoms with Crippen LogP contribution in [0.15, 0.2) is 54.7 Å². The molecule has 0 radical (unpaired) electrons. The molecule has 0 bridgehead atoms. The van der Waals surface area contributed by atoms with Gasteiger partial charge in [-0.05, 0) is 37.1 Å². The number of para-hydroxylation sites is 1. The molecule has 0 aliphatic rings. The summed E-state index contributed by atoms with van der Waals surface area (Å²) in [5.41, 5.74) is 9.08. The lowest BCUT2D eigenvalue weighted by Crippen LogP contribution is -2.03. The van der Waals surface area contributed by atoms with Crippen molar-refractivity contribution < 1.29 is 4.74 Å². The minimum atomic E-state index is 0.689. The van der Waals surface area contributed by atoms with Crippen molar-refractivity contribution in [1.82, 2.24) is 4.57 Å². The highest BCUT2D eigenvalue weighted by molar-refractivity contribution is 5.83. The molecule has 3 rings (SSSR count). The van der Waals surface area contributed by atoms with Crippen molar-refractivity contribution >= 4 is 16.6 Å². The van der Waals surface area contributed by atoms with E-state index in [0.717, 1.165) is 24.4 Å². The molecule has 3 nitrogen and oxygen atoms in total. The first-order chi connectivity index (χ1) is 10.2. The van der Waals surface area contributed by atoms with Gasteiger partial charge < -0.3 is 15.0 Å². The molecule has 0 saturated heterocycles. The van der Waals surface area contributed by atoms with Crippen LogP contribution >= 0.6 is 0 Å². The maximum Gasteiger partial charge on any atom is 0.121 e. The van der Waals surface area contributed by atoms with Gasteiger partial charge in [0.25, 0.3) is 0 Å². The van der Waals surface area contributed by atoms with Crippen LogP contribution in [-0.4, -0.2) is 11.2 Å². The van der Waals surface area contributed by atoms with Crippen molar-refractivity contribution in [3.05, 3.63) is 60.3 Å². The standard InChI is InChI=1S/C18H20N2O/c1-14-13-20(18-9-3-2-8-17(14)18)10-5-11-21-16-7-4-6-15(19)12-16/h2-4,6-9,12-13H,5,10-11,19H2,1H3. The third-order valence-electron chi connectivity index (χ3n) is 3.66. The van der Waals surface area contributed by atoms with Crippen LogP contribution in [0.4, 0.5) is 5.69 Å². The first-order valence-electron chi connectivity index (χ1n) is 7.27. The zero-order valence-electron chi connectivity index (χ0n) is 12.3. The van der Waals surface area contributed by atoms with Crippen molar-refractivity contribution in [3.8, 4) is 5.75 Å². The summed E-state index contributed by atoms with van der Waals surface area (Å²) in [5, 5.41) is 1.33. The second kappa shape index (κ2) is 5.92. The molecular weight excluding hydrogens is 260 g/mol. The number of ether oxygens (including phenoxy) is 1. The number of anilines is 1. The summed E-state index contributed by atoms with van der Waals surface area (Å²) in [6.07, 6.45) is 3.18. The van der Waals surface area contributed by atoms with Crippen LogP contribution in [0.3, 0.4) is 0 Å². The van der Waals surface area contributed by atoms with Crippen LogP contribution in [0.25, 0.3) is 10.9 Å². The highest BCUT2D eigenvalue weighted by atomic mass is 16.5. The van der Waals surface area contributed by atoms with Crippen molar-refractivity contribution in [3.63, 3.8) is 0 Å². The number of nitrogens with two attached hydrogens (primary N) is 1. The number of nitrogen functional groups attached to an aromatic ring is 1. The number of aromatic nitrogens is 1. The number of aryl methyl sites for hydroxylation is 2. The number of benzene rings is 2. The van der Waals surface area contributed by atoms with Gasteiger partial charge in [-0.15, -0.1) is 0 Å². The smallest absolute Gasteiger partial charge is 0.121 e. The summed E-state index contributed by atoms with van der Waals surface area (Å²) < 4.78 is 8.03. The Morgan fingerprint density at radius 2 is 1.95 bits per heavy atom. The van der Waals surface area contributed by atoms with Gasteiger partial charge in [0.2, 0.25) is 0 Å². The average molecular weight is 280 g/mol. The molecule has 0 atom stereocenters. The molecule has 1 aromatic heterocycles. The van der Waals surface area contributed by atoms with Gasteiger partial charge in [0.05, 0.1) is 6.61 Å². The minimum Gasteiger partial charge on any atom is -0.493 e. The van der Waals surface area contributed by atoms with E-state index < -0.39 is 0 Å². The van der Waals surface area contributed by atoms with Crippen LogP contribution in [0.2, 0.25) is 0 Å². The van der Waals surface area contributed by atoms with Crippen LogP contribution < -0.4 is 10.5 Å². The summed E-state index contributed by atoms with van der Waals surface area (Å²) in [4.78, 5) is 0. The molecule has 0 amide bonds. The summed E-state index contributed by atoms with van der Waals surface area (Å²) in [6, 6.07) is 16.1. The maximum atomic E-state index is 5.73. The zero-order chi connectivity index (χ0) is 14.7. The van der Waals surface area contributed by atoms with E-state index in [1.54, 1.807) is 0 Å². The molecule has 3 heteroatoms. The number of hydrogen-bond acceptors (Lipinski definition) is 2. The van der Waals surface area contributed by atoms with E-state index in [-0.39, 0.29) is 0 Å². The zero-order valence-corrected chi connectivity index (χ0v) is 12.3. The molecule has 21 heavy (non-hydrogen) atoms.